The molecular weight excluding hydrogens is 236 g/mol. The summed E-state index contributed by atoms with van der Waals surface area (Å²) in [6.45, 7) is 0.995. The molecule has 0 unspecified atom stereocenters. The number of alkyl halides is 1. The van der Waals surface area contributed by atoms with E-state index in [9.17, 15) is 4.79 Å². The number of hydrogen-bond acceptors (Lipinski definition) is 3. The van der Waals surface area contributed by atoms with Crippen molar-refractivity contribution in [3.63, 3.8) is 0 Å². The van der Waals surface area contributed by atoms with Crippen molar-refractivity contribution >= 4 is 15.9 Å². The fraction of sp³-hybridized carbons (Fsp3) is 0.500. The minimum atomic E-state index is -0.0956. The van der Waals surface area contributed by atoms with Crippen LogP contribution in [0.5, 0.6) is 0 Å². The average Bonchev–Trinajstić information content (AvgIpc) is 2.17. The van der Waals surface area contributed by atoms with Gasteiger partial charge in [-0.15, -0.1) is 0 Å². The van der Waals surface area contributed by atoms with E-state index >= 15 is 0 Å². The third-order valence-corrected chi connectivity index (χ3v) is 2.14. The van der Waals surface area contributed by atoms with E-state index in [1.54, 1.807) is 13.2 Å². The highest BCUT2D eigenvalue weighted by molar-refractivity contribution is 9.08. The van der Waals surface area contributed by atoms with Crippen molar-refractivity contribution < 1.29 is 4.74 Å². The van der Waals surface area contributed by atoms with Crippen molar-refractivity contribution in [1.82, 2.24) is 9.78 Å². The van der Waals surface area contributed by atoms with Gasteiger partial charge in [0.25, 0.3) is 5.56 Å². The van der Waals surface area contributed by atoms with Gasteiger partial charge in [0.15, 0.2) is 0 Å². The first-order chi connectivity index (χ1) is 6.27. The summed E-state index contributed by atoms with van der Waals surface area (Å²) >= 11 is 3.28. The molecule has 0 aliphatic carbocycles. The van der Waals surface area contributed by atoms with Gasteiger partial charge in [-0.3, -0.25) is 4.79 Å². The van der Waals surface area contributed by atoms with Crippen molar-refractivity contribution in [2.75, 3.05) is 13.7 Å². The molecule has 1 aromatic rings. The monoisotopic (exact) mass is 246 g/mol. The van der Waals surface area contributed by atoms with Crippen molar-refractivity contribution in [2.24, 2.45) is 0 Å². The lowest BCUT2D eigenvalue weighted by Gasteiger charge is -2.03. The van der Waals surface area contributed by atoms with E-state index in [1.165, 1.54) is 10.7 Å². The largest absolute Gasteiger partial charge is 0.383 e. The molecule has 0 fully saturated rings. The van der Waals surface area contributed by atoms with Gasteiger partial charge in [-0.25, -0.2) is 4.68 Å². The Balaban J connectivity index is 2.84. The van der Waals surface area contributed by atoms with E-state index in [1.807, 2.05) is 0 Å². The first kappa shape index (κ1) is 10.4. The van der Waals surface area contributed by atoms with Crippen molar-refractivity contribution in [2.45, 2.75) is 11.9 Å². The molecule has 0 N–H and O–H groups in total. The summed E-state index contributed by atoms with van der Waals surface area (Å²) in [5, 5.41) is 4.76. The zero-order chi connectivity index (χ0) is 9.68. The van der Waals surface area contributed by atoms with Crippen molar-refractivity contribution in [3.8, 4) is 0 Å². The highest BCUT2D eigenvalue weighted by Crippen LogP contribution is 1.97. The molecule has 0 radical (unpaired) electrons. The molecule has 1 aromatic heterocycles. The minimum absolute atomic E-state index is 0.0956. The van der Waals surface area contributed by atoms with Gasteiger partial charge in [0.2, 0.25) is 0 Å². The van der Waals surface area contributed by atoms with Crippen LogP contribution >= 0.6 is 15.9 Å². The summed E-state index contributed by atoms with van der Waals surface area (Å²) in [5.74, 6) is 0. The fourth-order valence-corrected chi connectivity index (χ4v) is 1.20. The maximum atomic E-state index is 11.2. The standard InChI is InChI=1S/C8H11BrN2O2/c1-13-5-4-11-8(12)3-2-7(6-9)10-11/h2-3H,4-6H2,1H3. The average molecular weight is 247 g/mol. The van der Waals surface area contributed by atoms with Crippen LogP contribution in [0.1, 0.15) is 5.69 Å². The van der Waals surface area contributed by atoms with Gasteiger partial charge in [-0.05, 0) is 6.07 Å². The van der Waals surface area contributed by atoms with E-state index in [4.69, 9.17) is 4.74 Å². The quantitative estimate of drug-likeness (QED) is 0.738. The predicted molar refractivity (Wildman–Crippen MR) is 53.0 cm³/mol. The zero-order valence-electron chi connectivity index (χ0n) is 7.36. The number of hydrogen-bond donors (Lipinski definition) is 0. The highest BCUT2D eigenvalue weighted by atomic mass is 79.9. The van der Waals surface area contributed by atoms with Gasteiger partial charge >= 0.3 is 0 Å². The second-order valence-corrected chi connectivity index (χ2v) is 3.07. The van der Waals surface area contributed by atoms with Gasteiger partial charge < -0.3 is 4.74 Å². The Morgan fingerprint density at radius 2 is 2.38 bits per heavy atom. The van der Waals surface area contributed by atoms with Gasteiger partial charge in [0.05, 0.1) is 18.8 Å². The minimum Gasteiger partial charge on any atom is -0.383 e. The number of nitrogens with zero attached hydrogens (tertiary/aromatic N) is 2. The maximum Gasteiger partial charge on any atom is 0.266 e. The molecule has 0 aliphatic heterocycles. The second-order valence-electron chi connectivity index (χ2n) is 2.51. The van der Waals surface area contributed by atoms with E-state index in [0.717, 1.165) is 5.69 Å². The SMILES string of the molecule is COCCn1nc(CBr)ccc1=O. The Morgan fingerprint density at radius 1 is 1.62 bits per heavy atom. The number of aromatic nitrogens is 2. The molecule has 72 valence electrons. The number of methoxy groups -OCH3 is 1. The van der Waals surface area contributed by atoms with Crippen LogP contribution in [0.3, 0.4) is 0 Å². The van der Waals surface area contributed by atoms with Crippen LogP contribution in [0.25, 0.3) is 0 Å². The van der Waals surface area contributed by atoms with Crippen LogP contribution in [0, 0.1) is 0 Å². The lowest BCUT2D eigenvalue weighted by Crippen LogP contribution is -2.24. The molecule has 0 atom stereocenters. The Morgan fingerprint density at radius 3 is 3.00 bits per heavy atom. The van der Waals surface area contributed by atoms with E-state index in [2.05, 4.69) is 21.0 Å². The van der Waals surface area contributed by atoms with Crippen LogP contribution in [-0.2, 0) is 16.6 Å². The molecule has 1 heterocycles. The first-order valence-electron chi connectivity index (χ1n) is 3.90. The summed E-state index contributed by atoms with van der Waals surface area (Å²) in [6, 6.07) is 3.22. The molecule has 1 rings (SSSR count). The van der Waals surface area contributed by atoms with Gasteiger partial charge in [0, 0.05) is 18.5 Å². The molecule has 13 heavy (non-hydrogen) atoms. The maximum absolute atomic E-state index is 11.2. The molecular formula is C8H11BrN2O2. The molecule has 0 saturated heterocycles. The first-order valence-corrected chi connectivity index (χ1v) is 5.02. The summed E-state index contributed by atoms with van der Waals surface area (Å²) in [7, 11) is 1.60. The molecule has 0 saturated carbocycles. The van der Waals surface area contributed by atoms with E-state index in [-0.39, 0.29) is 5.56 Å². The van der Waals surface area contributed by atoms with Gasteiger partial charge in [-0.2, -0.15) is 5.10 Å². The summed E-state index contributed by atoms with van der Waals surface area (Å²) in [5.41, 5.74) is 0.748. The molecule has 0 bridgehead atoms. The second kappa shape index (κ2) is 5.14. The van der Waals surface area contributed by atoms with Crippen molar-refractivity contribution in [3.05, 3.63) is 28.2 Å². The third-order valence-electron chi connectivity index (χ3n) is 1.57. The number of rotatable bonds is 4. The smallest absolute Gasteiger partial charge is 0.266 e. The fourth-order valence-electron chi connectivity index (χ4n) is 0.900. The Hall–Kier alpha value is -0.680. The van der Waals surface area contributed by atoms with Crippen LogP contribution in [0.2, 0.25) is 0 Å². The molecule has 4 nitrogen and oxygen atoms in total. The topological polar surface area (TPSA) is 44.1 Å². The number of halogens is 1. The summed E-state index contributed by atoms with van der Waals surface area (Å²) < 4.78 is 6.27. The number of ether oxygens (including phenoxy) is 1. The van der Waals surface area contributed by atoms with Crippen LogP contribution in [0.15, 0.2) is 16.9 Å². The molecule has 0 amide bonds. The lowest BCUT2D eigenvalue weighted by molar-refractivity contribution is 0.181. The molecule has 0 spiro atoms. The van der Waals surface area contributed by atoms with Gasteiger partial charge in [0.1, 0.15) is 0 Å². The molecule has 0 aliphatic rings. The summed E-state index contributed by atoms with van der Waals surface area (Å²) in [6.07, 6.45) is 0. The van der Waals surface area contributed by atoms with Crippen molar-refractivity contribution in [1.29, 1.82) is 0 Å². The molecule has 0 aromatic carbocycles. The van der Waals surface area contributed by atoms with Gasteiger partial charge in [-0.1, -0.05) is 15.9 Å². The van der Waals surface area contributed by atoms with E-state index < -0.39 is 0 Å². The third kappa shape index (κ3) is 2.93. The van der Waals surface area contributed by atoms with Crippen LogP contribution in [-0.4, -0.2) is 23.5 Å². The normalized spacial score (nSPS) is 10.3. The lowest BCUT2D eigenvalue weighted by atomic mass is 10.4. The summed E-state index contributed by atoms with van der Waals surface area (Å²) in [4.78, 5) is 11.2. The predicted octanol–water partition coefficient (Wildman–Crippen LogP) is 0.785. The molecule has 5 heteroatoms. The zero-order valence-corrected chi connectivity index (χ0v) is 8.95. The van der Waals surface area contributed by atoms with Crippen LogP contribution < -0.4 is 5.56 Å². The Labute approximate surface area is 84.7 Å². The van der Waals surface area contributed by atoms with E-state index in [0.29, 0.717) is 18.5 Å². The Kier molecular flexibility index (Phi) is 4.11. The van der Waals surface area contributed by atoms with Crippen LogP contribution in [0.4, 0.5) is 0 Å². The highest BCUT2D eigenvalue weighted by Gasteiger charge is 1.98. The Bertz CT molecular complexity index is 324.